The van der Waals surface area contributed by atoms with Crippen LogP contribution in [0.4, 0.5) is 30.2 Å². The molecular formula is C15H11Cl2F3N2O3S. The van der Waals surface area contributed by atoms with Crippen molar-refractivity contribution in [3.8, 4) is 0 Å². The van der Waals surface area contributed by atoms with E-state index in [1.807, 2.05) is 0 Å². The van der Waals surface area contributed by atoms with Crippen LogP contribution in [-0.2, 0) is 22.7 Å². The lowest BCUT2D eigenvalue weighted by Crippen LogP contribution is -2.08. The van der Waals surface area contributed by atoms with Crippen LogP contribution in [0.1, 0.15) is 11.1 Å². The first kappa shape index (κ1) is 20.5. The maximum Gasteiger partial charge on any atom is 0.418 e. The summed E-state index contributed by atoms with van der Waals surface area (Å²) in [6, 6.07) is 5.71. The minimum Gasteiger partial charge on any atom is -0.350 e. The number of rotatable bonds is 5. The topological polar surface area (TPSA) is 72.2 Å². The normalized spacial score (nSPS) is 12.7. The van der Waals surface area contributed by atoms with E-state index in [0.717, 1.165) is 6.07 Å². The molecule has 0 saturated heterocycles. The van der Waals surface area contributed by atoms with Gasteiger partial charge in [-0.15, -0.1) is 0 Å². The van der Waals surface area contributed by atoms with Crippen molar-refractivity contribution in [3.05, 3.63) is 61.6 Å². The predicted octanol–water partition coefficient (Wildman–Crippen LogP) is 5.54. The summed E-state index contributed by atoms with van der Waals surface area (Å²) in [6.45, 7) is 0. The smallest absolute Gasteiger partial charge is 0.350 e. The van der Waals surface area contributed by atoms with Gasteiger partial charge >= 0.3 is 6.18 Å². The van der Waals surface area contributed by atoms with Crippen LogP contribution in [-0.4, -0.2) is 15.4 Å². The molecule has 11 heteroatoms. The Kier molecular flexibility index (Phi) is 6.15. The van der Waals surface area contributed by atoms with Gasteiger partial charge in [-0.25, -0.2) is 0 Å². The maximum atomic E-state index is 12.9. The number of alkyl halides is 3. The lowest BCUT2D eigenvalue weighted by Gasteiger charge is -2.13. The van der Waals surface area contributed by atoms with Crippen molar-refractivity contribution in [2.45, 2.75) is 11.9 Å². The molecule has 0 bridgehead atoms. The van der Waals surface area contributed by atoms with Gasteiger partial charge in [0.25, 0.3) is 5.69 Å². The quantitative estimate of drug-likeness (QED) is 0.502. The molecule has 0 amide bonds. The van der Waals surface area contributed by atoms with Crippen LogP contribution in [0.15, 0.2) is 30.3 Å². The first-order chi connectivity index (χ1) is 12.0. The predicted molar refractivity (Wildman–Crippen MR) is 95.6 cm³/mol. The lowest BCUT2D eigenvalue weighted by molar-refractivity contribution is -0.384. The highest BCUT2D eigenvalue weighted by molar-refractivity contribution is 7.83. The molecule has 0 fully saturated rings. The van der Waals surface area contributed by atoms with Gasteiger partial charge in [-0.3, -0.25) is 14.3 Å². The minimum atomic E-state index is -4.82. The van der Waals surface area contributed by atoms with E-state index >= 15 is 0 Å². The Labute approximate surface area is 158 Å². The van der Waals surface area contributed by atoms with Crippen molar-refractivity contribution in [2.24, 2.45) is 0 Å². The molecule has 0 radical (unpaired) electrons. The van der Waals surface area contributed by atoms with Crippen LogP contribution < -0.4 is 5.32 Å². The molecule has 0 saturated carbocycles. The van der Waals surface area contributed by atoms with Crippen LogP contribution in [0.25, 0.3) is 0 Å². The van der Waals surface area contributed by atoms with Crippen molar-refractivity contribution in [3.63, 3.8) is 0 Å². The van der Waals surface area contributed by atoms with Crippen LogP contribution in [0.2, 0.25) is 10.0 Å². The van der Waals surface area contributed by atoms with Crippen molar-refractivity contribution >= 4 is 51.1 Å². The third-order valence-corrected chi connectivity index (χ3v) is 4.67. The Balaban J connectivity index is 2.48. The summed E-state index contributed by atoms with van der Waals surface area (Å²) in [6.07, 6.45) is -3.34. The van der Waals surface area contributed by atoms with Crippen molar-refractivity contribution in [2.75, 3.05) is 11.6 Å². The summed E-state index contributed by atoms with van der Waals surface area (Å²) in [5.74, 6) is 0.157. The largest absolute Gasteiger partial charge is 0.418 e. The summed E-state index contributed by atoms with van der Waals surface area (Å²) in [5, 5.41) is 13.5. The van der Waals surface area contributed by atoms with Gasteiger partial charge in [-0.2, -0.15) is 13.2 Å². The molecule has 0 aliphatic rings. The monoisotopic (exact) mass is 426 g/mol. The van der Waals surface area contributed by atoms with Gasteiger partial charge in [0.15, 0.2) is 0 Å². The number of hydrogen-bond donors (Lipinski definition) is 1. The third kappa shape index (κ3) is 4.87. The van der Waals surface area contributed by atoms with E-state index in [9.17, 15) is 27.5 Å². The Morgan fingerprint density at radius 2 is 1.85 bits per heavy atom. The average Bonchev–Trinajstić information content (AvgIpc) is 2.48. The first-order valence-corrected chi connectivity index (χ1v) is 9.38. The van der Waals surface area contributed by atoms with E-state index in [1.54, 1.807) is 0 Å². The maximum absolute atomic E-state index is 12.9. The number of hydrogen-bond acceptors (Lipinski definition) is 4. The number of benzene rings is 2. The van der Waals surface area contributed by atoms with Crippen LogP contribution >= 0.6 is 23.2 Å². The van der Waals surface area contributed by atoms with Gasteiger partial charge < -0.3 is 5.32 Å². The van der Waals surface area contributed by atoms with Gasteiger partial charge in [0, 0.05) is 39.6 Å². The second-order valence-electron chi connectivity index (χ2n) is 5.25. The number of anilines is 2. The molecule has 0 aliphatic carbocycles. The van der Waals surface area contributed by atoms with Crippen molar-refractivity contribution < 1.29 is 22.3 Å². The fourth-order valence-corrected chi connectivity index (χ4v) is 3.38. The summed E-state index contributed by atoms with van der Waals surface area (Å²) in [4.78, 5) is 10.2. The van der Waals surface area contributed by atoms with E-state index in [-0.39, 0.29) is 11.4 Å². The van der Waals surface area contributed by atoms with E-state index in [2.05, 4.69) is 5.32 Å². The highest BCUT2D eigenvalue weighted by Crippen LogP contribution is 2.41. The molecule has 1 N–H and O–H groups in total. The fourth-order valence-electron chi connectivity index (χ4n) is 2.17. The molecular weight excluding hydrogens is 416 g/mol. The van der Waals surface area contributed by atoms with E-state index in [1.165, 1.54) is 24.5 Å². The van der Waals surface area contributed by atoms with E-state index in [0.29, 0.717) is 22.3 Å². The summed E-state index contributed by atoms with van der Waals surface area (Å²) in [7, 11) is -1.18. The molecule has 0 aliphatic heterocycles. The van der Waals surface area contributed by atoms with Crippen LogP contribution in [0.3, 0.4) is 0 Å². The Bertz CT molecular complexity index is 891. The molecule has 1 atom stereocenters. The van der Waals surface area contributed by atoms with Crippen LogP contribution in [0.5, 0.6) is 0 Å². The minimum absolute atomic E-state index is 0.157. The van der Waals surface area contributed by atoms with Gasteiger partial charge in [0.2, 0.25) is 0 Å². The second kappa shape index (κ2) is 7.81. The van der Waals surface area contributed by atoms with Gasteiger partial charge in [0.1, 0.15) is 5.69 Å². The van der Waals surface area contributed by atoms with Gasteiger partial charge in [-0.05, 0) is 29.8 Å². The molecule has 0 unspecified atom stereocenters. The van der Waals surface area contributed by atoms with Crippen LogP contribution in [0, 0.1) is 10.1 Å². The van der Waals surface area contributed by atoms with Gasteiger partial charge in [0.05, 0.1) is 15.5 Å². The fraction of sp³-hybridized carbons (Fsp3) is 0.200. The Morgan fingerprint density at radius 1 is 1.19 bits per heavy atom. The number of nitro benzene ring substituents is 1. The zero-order valence-electron chi connectivity index (χ0n) is 13.1. The molecule has 26 heavy (non-hydrogen) atoms. The molecule has 0 aromatic heterocycles. The molecule has 2 aromatic rings. The molecule has 2 aromatic carbocycles. The van der Waals surface area contributed by atoms with Gasteiger partial charge in [-0.1, -0.05) is 23.2 Å². The third-order valence-electron chi connectivity index (χ3n) is 3.27. The summed E-state index contributed by atoms with van der Waals surface area (Å²) >= 11 is 11.6. The number of nitro groups is 1. The molecule has 0 heterocycles. The highest BCUT2D eigenvalue weighted by atomic mass is 35.5. The zero-order chi connectivity index (χ0) is 19.6. The average molecular weight is 427 g/mol. The molecule has 5 nitrogen and oxygen atoms in total. The number of nitrogens with zero attached hydrogens (tertiary/aromatic N) is 1. The van der Waals surface area contributed by atoms with Crippen molar-refractivity contribution in [1.82, 2.24) is 0 Å². The SMILES string of the molecule is C[S@@](=O)Cc1cc(Nc2cc(Cl)c(C(F)(F)F)cc2[N+](=O)[O-])ccc1Cl. The second-order valence-corrected chi connectivity index (χ2v) is 7.50. The molecule has 140 valence electrons. The Morgan fingerprint density at radius 3 is 2.38 bits per heavy atom. The first-order valence-electron chi connectivity index (χ1n) is 6.89. The zero-order valence-corrected chi connectivity index (χ0v) is 15.4. The number of nitrogens with one attached hydrogen (secondary N) is 1. The van der Waals surface area contributed by atoms with Crippen molar-refractivity contribution in [1.29, 1.82) is 0 Å². The lowest BCUT2D eigenvalue weighted by atomic mass is 10.1. The molecule has 2 rings (SSSR count). The highest BCUT2D eigenvalue weighted by Gasteiger charge is 2.36. The standard InChI is InChI=1S/C15H11Cl2F3N2O3S/c1-26(25)7-8-4-9(2-3-11(8)16)21-13-6-12(17)10(15(18,19)20)5-14(13)22(23)24/h2-6,21H,7H2,1H3/t26-/m1/s1. The van der Waals surface area contributed by atoms with E-state index < -0.39 is 38.2 Å². The summed E-state index contributed by atoms with van der Waals surface area (Å²) < 4.78 is 50.1. The van der Waals surface area contributed by atoms with E-state index in [4.69, 9.17) is 23.2 Å². The summed E-state index contributed by atoms with van der Waals surface area (Å²) in [5.41, 5.74) is -1.43. The Hall–Kier alpha value is -1.84. The number of halogens is 5. The molecule has 0 spiro atoms.